The lowest BCUT2D eigenvalue weighted by atomic mass is 10.1. The Balaban J connectivity index is 2.51. The second-order valence-corrected chi connectivity index (χ2v) is 4.34. The van der Waals surface area contributed by atoms with E-state index in [1.807, 2.05) is 13.8 Å². The van der Waals surface area contributed by atoms with Crippen LogP contribution in [0, 0.1) is 0 Å². The summed E-state index contributed by atoms with van der Waals surface area (Å²) in [5.41, 5.74) is 1.40. The van der Waals surface area contributed by atoms with Gasteiger partial charge in [0.15, 0.2) is 0 Å². The van der Waals surface area contributed by atoms with E-state index in [2.05, 4.69) is 10.2 Å². The minimum atomic E-state index is -0.969. The van der Waals surface area contributed by atoms with E-state index in [1.54, 1.807) is 35.0 Å². The molecule has 96 valence electrons. The number of hydrogen-bond acceptors (Lipinski definition) is 3. The molecule has 0 aliphatic rings. The molecule has 6 nitrogen and oxygen atoms in total. The number of aromatic carboxylic acids is 1. The average molecular weight is 248 g/mol. The first-order chi connectivity index (χ1) is 8.52. The van der Waals surface area contributed by atoms with E-state index in [1.165, 1.54) is 0 Å². The maximum Gasteiger partial charge on any atom is 0.339 e. The molecule has 1 unspecified atom stereocenters. The molecular weight excluding hydrogens is 232 g/mol. The van der Waals surface area contributed by atoms with Gasteiger partial charge in [-0.2, -0.15) is 10.2 Å². The molecule has 0 fully saturated rings. The zero-order chi connectivity index (χ0) is 13.3. The number of aryl methyl sites for hydroxylation is 1. The van der Waals surface area contributed by atoms with Gasteiger partial charge in [-0.3, -0.25) is 9.36 Å². The molecule has 0 amide bonds. The van der Waals surface area contributed by atoms with Crippen molar-refractivity contribution in [3.8, 4) is 11.3 Å². The monoisotopic (exact) mass is 248 g/mol. The molecule has 1 N–H and O–H groups in total. The van der Waals surface area contributed by atoms with Crippen LogP contribution in [0.3, 0.4) is 0 Å². The first-order valence-electron chi connectivity index (χ1n) is 5.84. The van der Waals surface area contributed by atoms with E-state index < -0.39 is 5.97 Å². The van der Waals surface area contributed by atoms with Gasteiger partial charge in [-0.25, -0.2) is 4.79 Å². The summed E-state index contributed by atoms with van der Waals surface area (Å²) in [5, 5.41) is 17.6. The van der Waals surface area contributed by atoms with Crippen LogP contribution in [0.15, 0.2) is 18.6 Å². The molecule has 0 aliphatic carbocycles. The Morgan fingerprint density at radius 3 is 2.72 bits per heavy atom. The first kappa shape index (κ1) is 12.3. The summed E-state index contributed by atoms with van der Waals surface area (Å²) < 4.78 is 3.33. The van der Waals surface area contributed by atoms with Crippen LogP contribution in [-0.4, -0.2) is 30.6 Å². The van der Waals surface area contributed by atoms with Crippen molar-refractivity contribution in [1.29, 1.82) is 0 Å². The van der Waals surface area contributed by atoms with Gasteiger partial charge in [-0.05, 0) is 13.3 Å². The van der Waals surface area contributed by atoms with E-state index in [0.717, 1.165) is 12.0 Å². The van der Waals surface area contributed by atoms with Crippen LogP contribution < -0.4 is 0 Å². The lowest BCUT2D eigenvalue weighted by molar-refractivity contribution is 0.0697. The van der Waals surface area contributed by atoms with Crippen LogP contribution in [0.2, 0.25) is 0 Å². The fourth-order valence-corrected chi connectivity index (χ4v) is 1.72. The Kier molecular flexibility index (Phi) is 3.18. The number of hydrogen-bond donors (Lipinski definition) is 1. The number of carbonyl (C=O) groups is 1. The largest absolute Gasteiger partial charge is 0.478 e. The molecule has 0 aliphatic heterocycles. The number of nitrogens with zero attached hydrogens (tertiary/aromatic N) is 4. The standard InChI is InChI=1S/C12H16N4O2/c1-4-8(2)16-7-10(12(17)18)11(14-16)9-5-13-15(3)6-9/h5-8H,4H2,1-3H3,(H,17,18). The summed E-state index contributed by atoms with van der Waals surface area (Å²) >= 11 is 0. The molecule has 18 heavy (non-hydrogen) atoms. The van der Waals surface area contributed by atoms with Gasteiger partial charge in [0.1, 0.15) is 11.3 Å². The Morgan fingerprint density at radius 1 is 1.50 bits per heavy atom. The van der Waals surface area contributed by atoms with Gasteiger partial charge in [0, 0.05) is 31.0 Å². The third-order valence-electron chi connectivity index (χ3n) is 2.98. The molecule has 0 bridgehead atoms. The molecule has 0 saturated carbocycles. The molecular formula is C12H16N4O2. The van der Waals surface area contributed by atoms with Crippen molar-refractivity contribution >= 4 is 5.97 Å². The fraction of sp³-hybridized carbons (Fsp3) is 0.417. The van der Waals surface area contributed by atoms with Crippen molar-refractivity contribution in [2.24, 2.45) is 7.05 Å². The summed E-state index contributed by atoms with van der Waals surface area (Å²) in [6.45, 7) is 4.04. The van der Waals surface area contributed by atoms with Crippen LogP contribution in [0.4, 0.5) is 0 Å². The van der Waals surface area contributed by atoms with Crippen LogP contribution in [0.1, 0.15) is 36.7 Å². The molecule has 0 radical (unpaired) electrons. The zero-order valence-electron chi connectivity index (χ0n) is 10.7. The van der Waals surface area contributed by atoms with Crippen molar-refractivity contribution in [2.75, 3.05) is 0 Å². The van der Waals surface area contributed by atoms with E-state index >= 15 is 0 Å². The van der Waals surface area contributed by atoms with Crippen molar-refractivity contribution in [3.05, 3.63) is 24.2 Å². The van der Waals surface area contributed by atoms with Crippen molar-refractivity contribution in [1.82, 2.24) is 19.6 Å². The molecule has 2 aromatic heterocycles. The molecule has 0 spiro atoms. The lowest BCUT2D eigenvalue weighted by Crippen LogP contribution is -2.04. The average Bonchev–Trinajstić information content (AvgIpc) is 2.93. The Bertz CT molecular complexity index is 570. The molecule has 1 atom stereocenters. The highest BCUT2D eigenvalue weighted by Gasteiger charge is 2.19. The predicted molar refractivity (Wildman–Crippen MR) is 66.4 cm³/mol. The molecule has 2 rings (SSSR count). The van der Waals surface area contributed by atoms with Crippen LogP contribution >= 0.6 is 0 Å². The van der Waals surface area contributed by atoms with Crippen LogP contribution in [-0.2, 0) is 7.05 Å². The molecule has 0 aromatic carbocycles. The van der Waals surface area contributed by atoms with E-state index in [4.69, 9.17) is 0 Å². The second-order valence-electron chi connectivity index (χ2n) is 4.34. The van der Waals surface area contributed by atoms with Gasteiger partial charge in [0.25, 0.3) is 0 Å². The van der Waals surface area contributed by atoms with Gasteiger partial charge in [0.05, 0.1) is 6.20 Å². The summed E-state index contributed by atoms with van der Waals surface area (Å²) in [6.07, 6.45) is 5.86. The molecule has 2 heterocycles. The van der Waals surface area contributed by atoms with E-state index in [9.17, 15) is 9.90 Å². The van der Waals surface area contributed by atoms with Crippen LogP contribution in [0.5, 0.6) is 0 Å². The number of rotatable bonds is 4. The van der Waals surface area contributed by atoms with Crippen molar-refractivity contribution in [3.63, 3.8) is 0 Å². The number of aromatic nitrogens is 4. The fourth-order valence-electron chi connectivity index (χ4n) is 1.72. The summed E-state index contributed by atoms with van der Waals surface area (Å²) in [7, 11) is 1.79. The van der Waals surface area contributed by atoms with Crippen molar-refractivity contribution < 1.29 is 9.90 Å². The number of carboxylic acids is 1. The molecule has 6 heteroatoms. The second kappa shape index (κ2) is 4.64. The first-order valence-corrected chi connectivity index (χ1v) is 5.84. The Morgan fingerprint density at radius 2 is 2.22 bits per heavy atom. The van der Waals surface area contributed by atoms with Gasteiger partial charge < -0.3 is 5.11 Å². The third kappa shape index (κ3) is 2.13. The summed E-state index contributed by atoms with van der Waals surface area (Å²) in [4.78, 5) is 11.2. The SMILES string of the molecule is CCC(C)n1cc(C(=O)O)c(-c2cnn(C)c2)n1. The smallest absolute Gasteiger partial charge is 0.339 e. The summed E-state index contributed by atoms with van der Waals surface area (Å²) in [5.74, 6) is -0.969. The highest BCUT2D eigenvalue weighted by atomic mass is 16.4. The van der Waals surface area contributed by atoms with Crippen molar-refractivity contribution in [2.45, 2.75) is 26.3 Å². The highest BCUT2D eigenvalue weighted by molar-refractivity contribution is 5.94. The van der Waals surface area contributed by atoms with Gasteiger partial charge in [0.2, 0.25) is 0 Å². The minimum Gasteiger partial charge on any atom is -0.478 e. The molecule has 0 saturated heterocycles. The van der Waals surface area contributed by atoms with Crippen LogP contribution in [0.25, 0.3) is 11.3 Å². The number of carboxylic acid groups (broad SMARTS) is 1. The topological polar surface area (TPSA) is 72.9 Å². The Hall–Kier alpha value is -2.11. The molecule has 2 aromatic rings. The highest BCUT2D eigenvalue weighted by Crippen LogP contribution is 2.23. The predicted octanol–water partition coefficient (Wildman–Crippen LogP) is 1.95. The quantitative estimate of drug-likeness (QED) is 0.897. The normalized spacial score (nSPS) is 12.6. The zero-order valence-corrected chi connectivity index (χ0v) is 10.7. The van der Waals surface area contributed by atoms with E-state index in [-0.39, 0.29) is 11.6 Å². The third-order valence-corrected chi connectivity index (χ3v) is 2.98. The minimum absolute atomic E-state index is 0.175. The van der Waals surface area contributed by atoms with Gasteiger partial charge in [-0.15, -0.1) is 0 Å². The maximum atomic E-state index is 11.2. The summed E-state index contributed by atoms with van der Waals surface area (Å²) in [6, 6.07) is 0.175. The maximum absolute atomic E-state index is 11.2. The van der Waals surface area contributed by atoms with E-state index in [0.29, 0.717) is 5.69 Å². The lowest BCUT2D eigenvalue weighted by Gasteiger charge is -2.07. The Labute approximate surface area is 105 Å². The van der Waals surface area contributed by atoms with Gasteiger partial charge in [-0.1, -0.05) is 6.92 Å². The van der Waals surface area contributed by atoms with Gasteiger partial charge >= 0.3 is 5.97 Å².